The van der Waals surface area contributed by atoms with E-state index in [-0.39, 0.29) is 77.7 Å². The smallest absolute Gasteiger partial charge is 0.222 e. The lowest BCUT2D eigenvalue weighted by Gasteiger charge is -2.46. The first kappa shape index (κ1) is 75.9. The molecule has 4 fully saturated rings. The molecule has 93 heavy (non-hydrogen) atoms. The van der Waals surface area contributed by atoms with E-state index in [0.29, 0.717) is 51.9 Å². The second-order valence-corrected chi connectivity index (χ2v) is 26.9. The summed E-state index contributed by atoms with van der Waals surface area (Å²) in [4.78, 5) is 49.3. The molecule has 0 spiro atoms. The van der Waals surface area contributed by atoms with Crippen LogP contribution in [0.5, 0.6) is 0 Å². The Bertz CT molecular complexity index is 3400. The lowest BCUT2D eigenvalue weighted by Crippen LogP contribution is -2.51. The van der Waals surface area contributed by atoms with Crippen molar-refractivity contribution in [1.29, 1.82) is 0 Å². The molecule has 2 unspecified atom stereocenters. The maximum atomic E-state index is 14.6. The molecule has 2 aromatic heterocycles. The molecule has 8 aromatic rings. The Labute approximate surface area is 578 Å². The van der Waals surface area contributed by atoms with Crippen LogP contribution in [0.2, 0.25) is 0 Å². The van der Waals surface area contributed by atoms with E-state index in [0.717, 1.165) is 122 Å². The summed E-state index contributed by atoms with van der Waals surface area (Å²) in [7, 11) is 8.12. The molecule has 2 N–H and O–H groups in total. The summed E-state index contributed by atoms with van der Waals surface area (Å²) in [6.07, 6.45) is 7.34. The zero-order valence-corrected chi connectivity index (χ0v) is 58.1. The quantitative estimate of drug-likeness (QED) is 0.0781. The first-order valence-corrected chi connectivity index (χ1v) is 32.7. The third-order valence-corrected chi connectivity index (χ3v) is 21.5. The molecule has 12 rings (SSSR count). The SMILES string of the molecule is CN(C)c1nc(C2(c3ccccc3)CCN(CCC3(c4ccc(F)c(F)c4)CCC(=O)N(Cc4ccccc4)C3)CC2)cs1.CN(C)c1nc(C2(c3ccccc3)CCN(CCC3(c4ccc(F)c(F)c4)CCC(=O)N(Cc4ccccc4)C3)CC2)cs1.Cl.Cl.Cl.Cl.O. The highest BCUT2D eigenvalue weighted by Crippen LogP contribution is 2.47. The van der Waals surface area contributed by atoms with Gasteiger partial charge < -0.3 is 34.9 Å². The van der Waals surface area contributed by atoms with Crippen molar-refractivity contribution in [3.63, 3.8) is 0 Å². The van der Waals surface area contributed by atoms with Gasteiger partial charge >= 0.3 is 0 Å². The average molecular weight is 1390 g/mol. The molecule has 21 heteroatoms. The van der Waals surface area contributed by atoms with Crippen molar-refractivity contribution in [2.45, 2.75) is 99.0 Å². The summed E-state index contributed by atoms with van der Waals surface area (Å²) in [5.74, 6) is -3.14. The predicted octanol–water partition coefficient (Wildman–Crippen LogP) is 14.9. The Morgan fingerprint density at radius 1 is 0.441 bits per heavy atom. The van der Waals surface area contributed by atoms with Crippen molar-refractivity contribution < 1.29 is 32.6 Å². The number of nitrogens with zero attached hydrogens (tertiary/aromatic N) is 8. The molecular weight excluding hydrogens is 1310 g/mol. The summed E-state index contributed by atoms with van der Waals surface area (Å²) in [6, 6.07) is 50.0. The monoisotopic (exact) mass is 1390 g/mol. The van der Waals surface area contributed by atoms with Crippen molar-refractivity contribution in [3.8, 4) is 0 Å². The highest BCUT2D eigenvalue weighted by Gasteiger charge is 2.46. The number of amides is 2. The van der Waals surface area contributed by atoms with E-state index in [1.54, 1.807) is 34.8 Å². The van der Waals surface area contributed by atoms with Crippen molar-refractivity contribution in [3.05, 3.63) is 237 Å². The van der Waals surface area contributed by atoms with E-state index < -0.39 is 34.1 Å². The summed E-state index contributed by atoms with van der Waals surface area (Å²) in [6.45, 7) is 7.25. The van der Waals surface area contributed by atoms with Crippen molar-refractivity contribution in [2.75, 3.05) is 90.3 Å². The van der Waals surface area contributed by atoms with Crippen LogP contribution in [0.4, 0.5) is 27.8 Å². The minimum atomic E-state index is -0.843. The number of benzene rings is 6. The highest BCUT2D eigenvalue weighted by atomic mass is 35.5. The van der Waals surface area contributed by atoms with Crippen LogP contribution in [-0.4, -0.2) is 127 Å². The van der Waals surface area contributed by atoms with Gasteiger partial charge in [-0.1, -0.05) is 133 Å². The zero-order chi connectivity index (χ0) is 61.5. The van der Waals surface area contributed by atoms with Gasteiger partial charge in [0.15, 0.2) is 33.5 Å². The molecule has 6 heterocycles. The van der Waals surface area contributed by atoms with Gasteiger partial charge in [-0.3, -0.25) is 9.59 Å². The van der Waals surface area contributed by atoms with E-state index >= 15 is 0 Å². The zero-order valence-electron chi connectivity index (χ0n) is 53.2. The van der Waals surface area contributed by atoms with Crippen LogP contribution in [0, 0.1) is 23.3 Å². The van der Waals surface area contributed by atoms with Gasteiger partial charge in [0.25, 0.3) is 0 Å². The number of thiazole rings is 2. The average Bonchev–Trinajstić information content (AvgIpc) is 1.69. The molecule has 4 saturated heterocycles. The summed E-state index contributed by atoms with van der Waals surface area (Å²) >= 11 is 3.37. The number of hydrogen-bond donors (Lipinski definition) is 0. The Morgan fingerprint density at radius 2 is 0.774 bits per heavy atom. The third kappa shape index (κ3) is 17.1. The Morgan fingerprint density at radius 3 is 1.09 bits per heavy atom. The van der Waals surface area contributed by atoms with Crippen LogP contribution < -0.4 is 9.80 Å². The van der Waals surface area contributed by atoms with Crippen LogP contribution in [0.3, 0.4) is 0 Å². The van der Waals surface area contributed by atoms with Gasteiger partial charge in [0.05, 0.1) is 11.4 Å². The number of aromatic nitrogens is 2. The predicted molar refractivity (Wildman–Crippen MR) is 379 cm³/mol. The third-order valence-electron chi connectivity index (χ3n) is 19.4. The van der Waals surface area contributed by atoms with Crippen molar-refractivity contribution in [1.82, 2.24) is 29.6 Å². The second kappa shape index (κ2) is 33.5. The van der Waals surface area contributed by atoms with Gasteiger partial charge in [0, 0.05) is 99.6 Å². The highest BCUT2D eigenvalue weighted by molar-refractivity contribution is 7.14. The molecule has 11 nitrogen and oxygen atoms in total. The number of likely N-dealkylation sites (tertiary alicyclic amines) is 4. The Kier molecular flexibility index (Phi) is 27.4. The molecule has 0 saturated carbocycles. The second-order valence-electron chi connectivity index (χ2n) is 25.2. The fourth-order valence-corrected chi connectivity index (χ4v) is 15.8. The lowest BCUT2D eigenvalue weighted by atomic mass is 9.69. The normalized spacial score (nSPS) is 19.4. The molecule has 2 amide bonds. The number of carbonyl (C=O) groups is 2. The number of rotatable bonds is 18. The summed E-state index contributed by atoms with van der Waals surface area (Å²) in [5.41, 5.74) is 7.34. The molecule has 0 aliphatic carbocycles. The van der Waals surface area contributed by atoms with Gasteiger partial charge in [0.1, 0.15) is 0 Å². The number of halogens is 8. The van der Waals surface area contributed by atoms with Gasteiger partial charge in [-0.05, 0) is 148 Å². The minimum absolute atomic E-state index is 0. The molecule has 500 valence electrons. The van der Waals surface area contributed by atoms with Crippen molar-refractivity contribution in [2.24, 2.45) is 0 Å². The fourth-order valence-electron chi connectivity index (χ4n) is 14.1. The van der Waals surface area contributed by atoms with Gasteiger partial charge in [-0.15, -0.1) is 72.3 Å². The van der Waals surface area contributed by atoms with Crippen LogP contribution in [-0.2, 0) is 44.3 Å². The van der Waals surface area contributed by atoms with E-state index in [1.807, 2.05) is 98.7 Å². The summed E-state index contributed by atoms with van der Waals surface area (Å²) in [5, 5.41) is 6.46. The maximum absolute atomic E-state index is 14.6. The van der Waals surface area contributed by atoms with Gasteiger partial charge in [0.2, 0.25) is 11.8 Å². The van der Waals surface area contributed by atoms with E-state index in [4.69, 9.17) is 9.97 Å². The molecule has 4 aliphatic heterocycles. The standard InChI is InChI=1S/2C36H40F2N4OS.4ClH.H2O/c2*1-40(2)34-39-32(25-44-34)36(28-11-7-4-8-12-28)18-21-41(22-19-36)20-17-35(29-13-14-30(37)31(38)23-29)16-15-33(43)42(26-35)24-27-9-5-3-6-10-27;;;;;/h2*3-14,23,25H,15-22,24,26H2,1-2H3;4*1H;1H2. The first-order valence-electron chi connectivity index (χ1n) is 30.9. The molecule has 2 atom stereocenters. The minimum Gasteiger partial charge on any atom is -0.412 e. The van der Waals surface area contributed by atoms with E-state index in [9.17, 15) is 27.2 Å². The largest absolute Gasteiger partial charge is 0.412 e. The van der Waals surface area contributed by atoms with Crippen LogP contribution in [0.1, 0.15) is 109 Å². The molecule has 0 bridgehead atoms. The Balaban J connectivity index is 0.000000280. The van der Waals surface area contributed by atoms with E-state index in [1.165, 1.54) is 35.4 Å². The van der Waals surface area contributed by atoms with Crippen LogP contribution in [0.15, 0.2) is 168 Å². The number of hydrogen-bond acceptors (Lipinski definition) is 10. The Hall–Kier alpha value is -6.12. The lowest BCUT2D eigenvalue weighted by molar-refractivity contribution is -0.137. The van der Waals surface area contributed by atoms with Gasteiger partial charge in [-0.25, -0.2) is 27.5 Å². The first-order chi connectivity index (χ1) is 42.6. The van der Waals surface area contributed by atoms with Crippen LogP contribution >= 0.6 is 72.3 Å². The fraction of sp³-hybridized carbons (Fsp3) is 0.389. The van der Waals surface area contributed by atoms with Crippen molar-refractivity contribution >= 4 is 94.4 Å². The maximum Gasteiger partial charge on any atom is 0.222 e. The molecule has 4 aliphatic rings. The number of anilines is 2. The number of carbonyl (C=O) groups excluding carboxylic acids is 2. The van der Waals surface area contributed by atoms with Crippen LogP contribution in [0.25, 0.3) is 0 Å². The topological polar surface area (TPSA) is 111 Å². The molecular formula is C72H86Cl4F4N8O3S2. The molecule has 6 aromatic carbocycles. The number of piperidine rings is 4. The summed E-state index contributed by atoms with van der Waals surface area (Å²) < 4.78 is 57.3. The van der Waals surface area contributed by atoms with E-state index in [2.05, 4.69) is 91.0 Å². The molecule has 0 radical (unpaired) electrons. The van der Waals surface area contributed by atoms with Gasteiger partial charge in [-0.2, -0.15) is 0 Å².